The quantitative estimate of drug-likeness (QED) is 0.0243. The zero-order valence-corrected chi connectivity index (χ0v) is 64.9. The standard InChI is InChI=1S/2C17H12N3O4S.C12H10BO2.C12H9.2C5H5N.C2H4O2.CH2O3.2K.2Pd.H/c2*21-20(22)16-10-3-4-11-17(16)25(23,24)19-15-9-2-1-7-13(15)14-8-5-6-12-18-14;14-13-15-12-8-6-11(7-9-12)10-4-2-1-3-5-10;1-3-7-11(8-4-1)12-9-5-2-6-10-12;2*1-2-4-6-5-3-1;1-2(3)4;2-1-4-3;;;;;/h2*1-12H;1-9,14H;1,3-10H;2*1-5H;1H3,(H,3,4);1,3H;;;;;/q2*-1;;-1;;;;;2*+1;;+2;-1/p-1. The summed E-state index contributed by atoms with van der Waals surface area (Å²) in [6, 6.07) is 84.3. The predicted octanol–water partition coefficient (Wildman–Crippen LogP) is 8.32. The Bertz CT molecular complexity index is 4240. The molecular weight excluding hydrogens is 1570 g/mol. The van der Waals surface area contributed by atoms with E-state index in [4.69, 9.17) is 29.6 Å². The summed E-state index contributed by atoms with van der Waals surface area (Å²) >= 11 is 0. The first-order valence-corrected chi connectivity index (χ1v) is 31.2. The molecular formula is C71H59BK2N8O15Pd2S2-. The molecule has 0 saturated carbocycles. The topological polar surface area (TPSA) is 350 Å². The normalized spacial score (nSPS) is 9.46. The van der Waals surface area contributed by atoms with Gasteiger partial charge in [0.25, 0.3) is 23.8 Å². The van der Waals surface area contributed by atoms with E-state index in [1.54, 1.807) is 110 Å². The number of carboxylic acids is 1. The molecule has 0 atom stereocenters. The molecule has 8 aromatic carbocycles. The molecule has 0 aliphatic rings. The molecule has 12 aromatic rings. The van der Waals surface area contributed by atoms with Gasteiger partial charge in [-0.15, -0.1) is 16.9 Å². The molecule has 23 nitrogen and oxygen atoms in total. The fraction of sp³-hybridized carbons (Fsp3) is 0.0141. The van der Waals surface area contributed by atoms with Gasteiger partial charge in [0.2, 0.25) is 0 Å². The Labute approximate surface area is 699 Å². The van der Waals surface area contributed by atoms with Gasteiger partial charge >= 0.3 is 131 Å². The number of pyridine rings is 4. The van der Waals surface area contributed by atoms with Crippen molar-refractivity contribution in [3.05, 3.63) is 352 Å². The summed E-state index contributed by atoms with van der Waals surface area (Å²) < 4.78 is 62.9. The van der Waals surface area contributed by atoms with E-state index in [0.29, 0.717) is 35.9 Å². The van der Waals surface area contributed by atoms with E-state index < -0.39 is 57.0 Å². The number of carboxylic acid groups (broad SMARTS) is 1. The number of hydrogen-bond donors (Lipinski definition) is 2. The number of rotatable bonds is 15. The number of hydrogen-bond acceptors (Lipinski definition) is 18. The van der Waals surface area contributed by atoms with Crippen LogP contribution in [0.15, 0.2) is 326 Å². The molecule has 0 spiro atoms. The average Bonchev–Trinajstić information content (AvgIpc) is 0.800. The first kappa shape index (κ1) is 91.0. The van der Waals surface area contributed by atoms with Crippen LogP contribution in [-0.4, -0.2) is 76.9 Å². The molecule has 1 radical (unpaired) electrons. The second-order valence-corrected chi connectivity index (χ2v) is 21.7. The maximum absolute atomic E-state index is 12.6. The fourth-order valence-corrected chi connectivity index (χ4v) is 10.2. The van der Waals surface area contributed by atoms with Crippen LogP contribution >= 0.6 is 0 Å². The van der Waals surface area contributed by atoms with Crippen LogP contribution in [0.4, 0.5) is 22.7 Å². The number of sulfonamides is 2. The number of aromatic nitrogens is 4. The summed E-state index contributed by atoms with van der Waals surface area (Å²) in [5.74, 6) is -0.211. The minimum Gasteiger partial charge on any atom is -1.00 e. The van der Waals surface area contributed by atoms with E-state index in [0.717, 1.165) is 30.2 Å². The number of nitro groups is 2. The first-order valence-electron chi connectivity index (χ1n) is 28.3. The van der Waals surface area contributed by atoms with Crippen molar-refractivity contribution in [1.29, 1.82) is 0 Å². The van der Waals surface area contributed by atoms with Crippen LogP contribution in [0, 0.1) is 26.3 Å². The molecule has 30 heteroatoms. The van der Waals surface area contributed by atoms with Crippen LogP contribution in [0.2, 0.25) is 0 Å². The van der Waals surface area contributed by atoms with Crippen molar-refractivity contribution in [2.24, 2.45) is 0 Å². The van der Waals surface area contributed by atoms with E-state index in [2.05, 4.69) is 64.6 Å². The van der Waals surface area contributed by atoms with Crippen LogP contribution < -0.4 is 113 Å². The van der Waals surface area contributed by atoms with E-state index in [1.165, 1.54) is 59.7 Å². The minimum absolute atomic E-state index is 0. The number of carbonyl (C=O) groups is 2. The Morgan fingerprint density at radius 2 is 0.802 bits per heavy atom. The summed E-state index contributed by atoms with van der Waals surface area (Å²) in [6.07, 6.45) is 10.2. The minimum atomic E-state index is -4.26. The third-order valence-electron chi connectivity index (χ3n) is 12.0. The Morgan fingerprint density at radius 3 is 1.12 bits per heavy atom. The number of nitrogens with zero attached hydrogens (tertiary/aromatic N) is 8. The SMILES string of the molecule is CC(=O)O.O=CO[O-].O=[N+]([O-])c1ccccc1S(=O)(=O)[N-]c1ccccc1-c1ccccn1.O=[N+]([O-])c1ccccc1S(=O)(=O)[N-]c1ccccc1-c1ccccn1.O[B]Oc1ccc(-c2ccccc2)cc1.[H-].[K+].[K+].[Pd+2].[Pd].[c-]1ccc(-c2ccccc2)cc1.c1ccncc1.c1ccncc1. The molecule has 4 heterocycles. The molecule has 2 N–H and O–H groups in total. The Kier molecular flexibility index (Phi) is 46.9. The molecule has 0 fully saturated rings. The molecule has 0 unspecified atom stereocenters. The zero-order valence-electron chi connectivity index (χ0n) is 54.9. The van der Waals surface area contributed by atoms with Gasteiger partial charge in [-0.3, -0.25) is 49.8 Å². The van der Waals surface area contributed by atoms with Crippen LogP contribution in [0.25, 0.3) is 54.2 Å². The van der Waals surface area contributed by atoms with E-state index in [-0.39, 0.29) is 163 Å². The van der Waals surface area contributed by atoms with Crippen LogP contribution in [0.1, 0.15) is 8.35 Å². The molecule has 0 aliphatic heterocycles. The summed E-state index contributed by atoms with van der Waals surface area (Å²) in [6.45, 7) is 0.903. The molecule has 12 rings (SSSR count). The molecule has 4 aromatic heterocycles. The van der Waals surface area contributed by atoms with Gasteiger partial charge in [0.05, 0.1) is 21.2 Å². The van der Waals surface area contributed by atoms with Crippen molar-refractivity contribution in [2.75, 3.05) is 0 Å². The Balaban J connectivity index is 0.00000123. The number of nitro benzene ring substituents is 2. The average molecular weight is 1630 g/mol. The van der Waals surface area contributed by atoms with Crippen molar-refractivity contribution in [2.45, 2.75) is 16.7 Å². The number of benzene rings is 8. The van der Waals surface area contributed by atoms with E-state index >= 15 is 0 Å². The summed E-state index contributed by atoms with van der Waals surface area (Å²) in [4.78, 5) is 56.0. The van der Waals surface area contributed by atoms with Gasteiger partial charge in [-0.25, -0.2) is 16.8 Å². The van der Waals surface area contributed by atoms with Crippen LogP contribution in [0.5, 0.6) is 5.75 Å². The Morgan fingerprint density at radius 1 is 0.495 bits per heavy atom. The van der Waals surface area contributed by atoms with Gasteiger partial charge in [-0.1, -0.05) is 170 Å². The molecule has 511 valence electrons. The maximum atomic E-state index is 12.6. The van der Waals surface area contributed by atoms with Crippen LogP contribution in [0.3, 0.4) is 0 Å². The van der Waals surface area contributed by atoms with E-state index in [9.17, 15) is 37.1 Å². The summed E-state index contributed by atoms with van der Waals surface area (Å²) in [7, 11) is -7.85. The number of aliphatic carboxylic acids is 1. The van der Waals surface area contributed by atoms with Crippen molar-refractivity contribution in [3.63, 3.8) is 0 Å². The third-order valence-corrected chi connectivity index (χ3v) is 14.6. The first-order chi connectivity index (χ1) is 47.0. The van der Waals surface area contributed by atoms with Gasteiger partial charge in [-0.05, 0) is 101 Å². The molecule has 0 aliphatic carbocycles. The second kappa shape index (κ2) is 52.0. The van der Waals surface area contributed by atoms with Gasteiger partial charge in [-0.2, -0.15) is 30.3 Å². The van der Waals surface area contributed by atoms with E-state index in [1.807, 2.05) is 121 Å². The van der Waals surface area contributed by atoms with Crippen molar-refractivity contribution < 1.29 is 206 Å². The van der Waals surface area contributed by atoms with Crippen LogP contribution in [-0.2, 0) is 75.4 Å². The van der Waals surface area contributed by atoms with Crippen molar-refractivity contribution >= 4 is 62.9 Å². The largest absolute Gasteiger partial charge is 2.00 e. The van der Waals surface area contributed by atoms with Crippen molar-refractivity contribution in [3.8, 4) is 50.5 Å². The molecule has 0 amide bonds. The maximum Gasteiger partial charge on any atom is 2.00 e. The fourth-order valence-electron chi connectivity index (χ4n) is 7.85. The monoisotopic (exact) mass is 1630 g/mol. The number of carbonyl (C=O) groups excluding carboxylic acids is 1. The van der Waals surface area contributed by atoms with Gasteiger partial charge in [0.1, 0.15) is 35.6 Å². The Hall–Kier alpha value is -8.02. The van der Waals surface area contributed by atoms with Gasteiger partial charge < -0.3 is 35.8 Å². The number of para-hydroxylation sites is 2. The van der Waals surface area contributed by atoms with Gasteiger partial charge in [0.15, 0.2) is 0 Å². The molecule has 101 heavy (non-hydrogen) atoms. The van der Waals surface area contributed by atoms with Crippen molar-refractivity contribution in [1.82, 2.24) is 19.9 Å². The smallest absolute Gasteiger partial charge is 1.00 e. The summed E-state index contributed by atoms with van der Waals surface area (Å²) in [5, 5.41) is 46.5. The molecule has 0 bridgehead atoms. The zero-order chi connectivity index (χ0) is 69.9. The second-order valence-electron chi connectivity index (χ2n) is 18.6. The predicted molar refractivity (Wildman–Crippen MR) is 367 cm³/mol. The molecule has 0 saturated heterocycles. The summed E-state index contributed by atoms with van der Waals surface area (Å²) in [5.41, 5.74) is 6.25. The van der Waals surface area contributed by atoms with Gasteiger partial charge in [0, 0.05) is 76.7 Å². The third kappa shape index (κ3) is 34.0.